The largest absolute Gasteiger partial charge is 0.444 e. The van der Waals surface area contributed by atoms with Gasteiger partial charge in [-0.3, -0.25) is 4.79 Å². The monoisotopic (exact) mass is 360 g/mol. The smallest absolute Gasteiger partial charge is 0.407 e. The summed E-state index contributed by atoms with van der Waals surface area (Å²) in [5.74, 6) is 0.000455. The average Bonchev–Trinajstić information content (AvgIpc) is 3.01. The van der Waals surface area contributed by atoms with Gasteiger partial charge in [0.15, 0.2) is 0 Å². The quantitative estimate of drug-likeness (QED) is 0.881. The Morgan fingerprint density at radius 3 is 2.73 bits per heavy atom. The first-order valence-corrected chi connectivity index (χ1v) is 9.24. The van der Waals surface area contributed by atoms with E-state index in [0.29, 0.717) is 19.6 Å². The minimum Gasteiger partial charge on any atom is -0.444 e. The molecule has 3 atom stereocenters. The Bertz CT molecular complexity index is 683. The summed E-state index contributed by atoms with van der Waals surface area (Å²) >= 11 is 0. The Morgan fingerprint density at radius 1 is 1.27 bits per heavy atom. The molecule has 1 saturated heterocycles. The molecule has 0 aromatic heterocycles. The van der Waals surface area contributed by atoms with Crippen molar-refractivity contribution in [2.45, 2.75) is 64.3 Å². The maximum absolute atomic E-state index is 12.9. The van der Waals surface area contributed by atoms with Crippen LogP contribution in [0.1, 0.15) is 51.3 Å². The molecule has 2 aliphatic rings. The number of alkyl carbamates (subject to hydrolysis) is 1. The minimum atomic E-state index is -0.546. The fraction of sp³-hybridized carbons (Fsp3) is 0.600. The van der Waals surface area contributed by atoms with Crippen LogP contribution in [0.25, 0.3) is 0 Å². The maximum Gasteiger partial charge on any atom is 0.407 e. The Kier molecular flexibility index (Phi) is 5.23. The number of ether oxygens (including phenoxy) is 2. The zero-order valence-electron chi connectivity index (χ0n) is 16.0. The number of nitrogens with zero attached hydrogens (tertiary/aromatic N) is 1. The van der Waals surface area contributed by atoms with Crippen LogP contribution in [0, 0.1) is 0 Å². The predicted molar refractivity (Wildman–Crippen MR) is 97.8 cm³/mol. The van der Waals surface area contributed by atoms with Gasteiger partial charge in [-0.25, -0.2) is 4.79 Å². The lowest BCUT2D eigenvalue weighted by Gasteiger charge is -2.36. The average molecular weight is 360 g/mol. The summed E-state index contributed by atoms with van der Waals surface area (Å²) < 4.78 is 11.0. The maximum atomic E-state index is 12.9. The summed E-state index contributed by atoms with van der Waals surface area (Å²) in [7, 11) is 0. The molecular formula is C20H28N2O4. The van der Waals surface area contributed by atoms with Gasteiger partial charge >= 0.3 is 6.09 Å². The highest BCUT2D eigenvalue weighted by Gasteiger charge is 2.38. The van der Waals surface area contributed by atoms with Crippen LogP contribution in [0.5, 0.6) is 0 Å². The Morgan fingerprint density at radius 2 is 2.00 bits per heavy atom. The van der Waals surface area contributed by atoms with Crippen LogP contribution >= 0.6 is 0 Å². The summed E-state index contributed by atoms with van der Waals surface area (Å²) in [6.07, 6.45) is 0.351. The molecule has 1 N–H and O–H groups in total. The zero-order chi connectivity index (χ0) is 18.9. The molecular weight excluding hydrogens is 332 g/mol. The molecule has 6 heteroatoms. The lowest BCUT2D eigenvalue weighted by molar-refractivity contribution is -0.143. The summed E-state index contributed by atoms with van der Waals surface area (Å²) in [6, 6.07) is 8.09. The summed E-state index contributed by atoms with van der Waals surface area (Å²) in [6.45, 7) is 8.54. The molecule has 0 radical (unpaired) electrons. The van der Waals surface area contributed by atoms with Gasteiger partial charge in [0.2, 0.25) is 0 Å². The van der Waals surface area contributed by atoms with Gasteiger partial charge < -0.3 is 19.7 Å². The first-order chi connectivity index (χ1) is 12.2. The highest BCUT2D eigenvalue weighted by Crippen LogP contribution is 2.31. The van der Waals surface area contributed by atoms with Gasteiger partial charge in [0.05, 0.1) is 18.7 Å². The van der Waals surface area contributed by atoms with Gasteiger partial charge in [-0.2, -0.15) is 0 Å². The van der Waals surface area contributed by atoms with Crippen LogP contribution in [0.4, 0.5) is 4.79 Å². The van der Waals surface area contributed by atoms with E-state index in [1.165, 1.54) is 11.1 Å². The second kappa shape index (κ2) is 7.27. The number of carbonyl (C=O) groups is 2. The van der Waals surface area contributed by atoms with Crippen LogP contribution in [0.3, 0.4) is 0 Å². The van der Waals surface area contributed by atoms with Crippen molar-refractivity contribution < 1.29 is 19.1 Å². The molecule has 0 bridgehead atoms. The predicted octanol–water partition coefficient (Wildman–Crippen LogP) is 2.81. The molecule has 6 nitrogen and oxygen atoms in total. The van der Waals surface area contributed by atoms with E-state index >= 15 is 0 Å². The lowest BCUT2D eigenvalue weighted by atomic mass is 9.93. The zero-order valence-corrected chi connectivity index (χ0v) is 16.0. The van der Waals surface area contributed by atoms with Crippen molar-refractivity contribution in [3.05, 3.63) is 35.4 Å². The SMILES string of the molecule is C[C@H]1c2ccccc2CCN1C(=O)[C@H]1C[C@@H](NC(=O)OC(C)(C)C)CO1. The van der Waals surface area contributed by atoms with E-state index in [1.54, 1.807) is 0 Å². The lowest BCUT2D eigenvalue weighted by Crippen LogP contribution is -2.44. The molecule has 1 aromatic carbocycles. The topological polar surface area (TPSA) is 67.9 Å². The number of benzene rings is 1. The third kappa shape index (κ3) is 4.18. The third-order valence-corrected chi connectivity index (χ3v) is 4.87. The number of hydrogen-bond acceptors (Lipinski definition) is 4. The van der Waals surface area contributed by atoms with Gasteiger partial charge in [-0.05, 0) is 45.2 Å². The second-order valence-electron chi connectivity index (χ2n) is 8.06. The number of nitrogens with one attached hydrogen (secondary N) is 1. The van der Waals surface area contributed by atoms with Gasteiger partial charge in [-0.15, -0.1) is 0 Å². The number of fused-ring (bicyclic) bond motifs is 1. The summed E-state index contributed by atoms with van der Waals surface area (Å²) in [5, 5.41) is 2.79. The molecule has 26 heavy (non-hydrogen) atoms. The molecule has 1 fully saturated rings. The van der Waals surface area contributed by atoms with E-state index in [1.807, 2.05) is 37.8 Å². The molecule has 1 aromatic rings. The van der Waals surface area contributed by atoms with Gasteiger partial charge in [0.25, 0.3) is 5.91 Å². The number of rotatable bonds is 2. The molecule has 0 spiro atoms. The summed E-state index contributed by atoms with van der Waals surface area (Å²) in [5.41, 5.74) is 1.96. The van der Waals surface area contributed by atoms with E-state index in [2.05, 4.69) is 24.4 Å². The normalized spacial score (nSPS) is 25.5. The van der Waals surface area contributed by atoms with Crippen molar-refractivity contribution in [1.82, 2.24) is 10.2 Å². The van der Waals surface area contributed by atoms with E-state index in [-0.39, 0.29) is 18.0 Å². The van der Waals surface area contributed by atoms with E-state index in [0.717, 1.165) is 6.42 Å². The van der Waals surface area contributed by atoms with Crippen molar-refractivity contribution in [2.24, 2.45) is 0 Å². The van der Waals surface area contributed by atoms with E-state index in [9.17, 15) is 9.59 Å². The van der Waals surface area contributed by atoms with Crippen molar-refractivity contribution in [2.75, 3.05) is 13.2 Å². The van der Waals surface area contributed by atoms with Gasteiger partial charge in [-0.1, -0.05) is 24.3 Å². The van der Waals surface area contributed by atoms with Crippen LogP contribution < -0.4 is 5.32 Å². The fourth-order valence-corrected chi connectivity index (χ4v) is 3.63. The second-order valence-corrected chi connectivity index (χ2v) is 8.06. The molecule has 3 rings (SSSR count). The fourth-order valence-electron chi connectivity index (χ4n) is 3.63. The van der Waals surface area contributed by atoms with Crippen molar-refractivity contribution >= 4 is 12.0 Å². The van der Waals surface area contributed by atoms with Crippen LogP contribution in [0.15, 0.2) is 24.3 Å². The van der Waals surface area contributed by atoms with Crippen LogP contribution in [0.2, 0.25) is 0 Å². The standard InChI is InChI=1S/C20H28N2O4/c1-13-16-8-6-5-7-14(16)9-10-22(13)18(23)17-11-15(12-25-17)21-19(24)26-20(2,3)4/h5-8,13,15,17H,9-12H2,1-4H3,(H,21,24)/t13-,15+,17+/m0/s1. The van der Waals surface area contributed by atoms with Gasteiger partial charge in [0, 0.05) is 13.0 Å². The van der Waals surface area contributed by atoms with Crippen molar-refractivity contribution in [3.8, 4) is 0 Å². The number of amides is 2. The molecule has 142 valence electrons. The van der Waals surface area contributed by atoms with Crippen molar-refractivity contribution in [3.63, 3.8) is 0 Å². The minimum absolute atomic E-state index is 0.000455. The van der Waals surface area contributed by atoms with Crippen LogP contribution in [-0.4, -0.2) is 47.8 Å². The van der Waals surface area contributed by atoms with Crippen molar-refractivity contribution in [1.29, 1.82) is 0 Å². The Labute approximate surface area is 154 Å². The summed E-state index contributed by atoms with van der Waals surface area (Å²) in [4.78, 5) is 26.7. The third-order valence-electron chi connectivity index (χ3n) is 4.87. The molecule has 0 unspecified atom stereocenters. The van der Waals surface area contributed by atoms with Gasteiger partial charge in [0.1, 0.15) is 11.7 Å². The first-order valence-electron chi connectivity index (χ1n) is 9.24. The first kappa shape index (κ1) is 18.7. The van der Waals surface area contributed by atoms with E-state index < -0.39 is 17.8 Å². The molecule has 0 aliphatic carbocycles. The molecule has 2 amide bonds. The highest BCUT2D eigenvalue weighted by atomic mass is 16.6. The van der Waals surface area contributed by atoms with E-state index in [4.69, 9.17) is 9.47 Å². The Hall–Kier alpha value is -2.08. The highest BCUT2D eigenvalue weighted by molar-refractivity contribution is 5.82. The van der Waals surface area contributed by atoms with Crippen LogP contribution in [-0.2, 0) is 20.7 Å². The molecule has 2 aliphatic heterocycles. The molecule has 2 heterocycles. The number of hydrogen-bond donors (Lipinski definition) is 1. The molecule has 0 saturated carbocycles. The number of carbonyl (C=O) groups excluding carboxylic acids is 2. The Balaban J connectivity index is 1.58.